The van der Waals surface area contributed by atoms with Crippen molar-refractivity contribution in [1.29, 1.82) is 0 Å². The van der Waals surface area contributed by atoms with E-state index in [0.717, 1.165) is 35.3 Å². The summed E-state index contributed by atoms with van der Waals surface area (Å²) in [7, 11) is 0. The van der Waals surface area contributed by atoms with Gasteiger partial charge in [-0.3, -0.25) is 4.79 Å². The molecule has 2 aromatic carbocycles. The second-order valence-corrected chi connectivity index (χ2v) is 7.58. The summed E-state index contributed by atoms with van der Waals surface area (Å²) in [4.78, 5) is 24.8. The molecule has 2 N–H and O–H groups in total. The van der Waals surface area contributed by atoms with Crippen molar-refractivity contribution >= 4 is 11.9 Å². The van der Waals surface area contributed by atoms with E-state index in [2.05, 4.69) is 5.32 Å². The number of carboxylic acid groups (broad SMARTS) is 1. The Labute approximate surface area is 158 Å². The molecule has 2 aliphatic rings. The summed E-state index contributed by atoms with van der Waals surface area (Å²) in [5, 5.41) is 12.5. The van der Waals surface area contributed by atoms with Crippen molar-refractivity contribution in [2.75, 3.05) is 6.61 Å². The summed E-state index contributed by atoms with van der Waals surface area (Å²) in [5.41, 5.74) is 3.39. The first kappa shape index (κ1) is 17.6. The fourth-order valence-corrected chi connectivity index (χ4v) is 4.31. The van der Waals surface area contributed by atoms with Gasteiger partial charge in [-0.1, -0.05) is 36.4 Å². The zero-order valence-corrected chi connectivity index (χ0v) is 15.5. The zero-order valence-electron chi connectivity index (χ0n) is 15.5. The molecule has 0 bridgehead atoms. The first-order valence-electron chi connectivity index (χ1n) is 9.25. The van der Waals surface area contributed by atoms with Crippen molar-refractivity contribution in [2.45, 2.75) is 38.1 Å². The number of para-hydroxylation sites is 1. The van der Waals surface area contributed by atoms with Gasteiger partial charge >= 0.3 is 5.97 Å². The Bertz CT molecular complexity index is 922. The molecular formula is C22H23NO4. The van der Waals surface area contributed by atoms with Crippen LogP contribution in [0.2, 0.25) is 0 Å². The normalized spacial score (nSPS) is 23.9. The van der Waals surface area contributed by atoms with Crippen LogP contribution in [-0.4, -0.2) is 23.6 Å². The Morgan fingerprint density at radius 3 is 2.74 bits per heavy atom. The molecule has 1 fully saturated rings. The van der Waals surface area contributed by atoms with Gasteiger partial charge in [0.25, 0.3) is 0 Å². The second-order valence-electron chi connectivity index (χ2n) is 7.58. The molecule has 3 atom stereocenters. The molecule has 1 amide bonds. The minimum absolute atomic E-state index is 0.194. The van der Waals surface area contributed by atoms with Crippen LogP contribution in [0.4, 0.5) is 0 Å². The van der Waals surface area contributed by atoms with Crippen LogP contribution < -0.4 is 10.1 Å². The Balaban J connectivity index is 1.58. The number of amides is 1. The van der Waals surface area contributed by atoms with Crippen molar-refractivity contribution in [1.82, 2.24) is 5.32 Å². The minimum atomic E-state index is -1.04. The van der Waals surface area contributed by atoms with E-state index in [-0.39, 0.29) is 17.2 Å². The number of rotatable bonds is 4. The van der Waals surface area contributed by atoms with Crippen molar-refractivity contribution in [3.63, 3.8) is 0 Å². The van der Waals surface area contributed by atoms with Crippen molar-refractivity contribution in [3.05, 3.63) is 64.7 Å². The quantitative estimate of drug-likeness (QED) is 0.872. The van der Waals surface area contributed by atoms with E-state index in [9.17, 15) is 14.7 Å². The van der Waals surface area contributed by atoms with Crippen LogP contribution in [0.25, 0.3) is 0 Å². The van der Waals surface area contributed by atoms with E-state index < -0.39 is 12.0 Å². The summed E-state index contributed by atoms with van der Waals surface area (Å²) >= 11 is 0. The third-order valence-corrected chi connectivity index (χ3v) is 6.11. The summed E-state index contributed by atoms with van der Waals surface area (Å²) < 4.78 is 5.72. The van der Waals surface area contributed by atoms with E-state index in [0.29, 0.717) is 12.2 Å². The Kier molecular flexibility index (Phi) is 4.17. The molecule has 5 nitrogen and oxygen atoms in total. The third-order valence-electron chi connectivity index (χ3n) is 6.11. The van der Waals surface area contributed by atoms with Gasteiger partial charge in [0.15, 0.2) is 6.04 Å². The predicted octanol–water partition coefficient (Wildman–Crippen LogP) is 3.29. The van der Waals surface area contributed by atoms with Gasteiger partial charge < -0.3 is 15.2 Å². The number of ether oxygens (including phenoxy) is 1. The summed E-state index contributed by atoms with van der Waals surface area (Å²) in [6.07, 6.45) is 1.52. The van der Waals surface area contributed by atoms with Crippen LogP contribution in [0.3, 0.4) is 0 Å². The highest BCUT2D eigenvalue weighted by atomic mass is 16.5. The van der Waals surface area contributed by atoms with Crippen LogP contribution in [0.15, 0.2) is 42.5 Å². The first-order chi connectivity index (χ1) is 12.9. The number of benzene rings is 2. The van der Waals surface area contributed by atoms with Crippen molar-refractivity contribution < 1.29 is 19.4 Å². The average molecular weight is 365 g/mol. The van der Waals surface area contributed by atoms with E-state index in [4.69, 9.17) is 4.74 Å². The Morgan fingerprint density at radius 1 is 1.19 bits per heavy atom. The molecule has 1 spiro atoms. The smallest absolute Gasteiger partial charge is 0.330 e. The summed E-state index contributed by atoms with van der Waals surface area (Å²) in [6.45, 7) is 4.41. The number of carbonyl (C=O) groups is 2. The topological polar surface area (TPSA) is 75.6 Å². The van der Waals surface area contributed by atoms with Crippen LogP contribution in [0.1, 0.15) is 41.1 Å². The fraction of sp³-hybridized carbons (Fsp3) is 0.364. The number of carboxylic acids is 1. The molecule has 0 aromatic heterocycles. The van der Waals surface area contributed by atoms with Gasteiger partial charge in [-0.15, -0.1) is 0 Å². The molecule has 1 unspecified atom stereocenters. The molecular weight excluding hydrogens is 342 g/mol. The highest BCUT2D eigenvalue weighted by molar-refractivity contribution is 5.89. The second kappa shape index (κ2) is 6.41. The van der Waals surface area contributed by atoms with Gasteiger partial charge in [0.2, 0.25) is 5.91 Å². The molecule has 2 aromatic rings. The average Bonchev–Trinajstić information content (AvgIpc) is 3.37. The number of fused-ring (bicyclic) bond motifs is 2. The standard InChI is InChI=1S/C22H23NO4/c1-13-6-5-7-15(14(13)2)19(21(25)26)23-20(24)17-12-22(17)10-11-27-18-9-4-3-8-16(18)22/h3-9,17,19H,10-12H2,1-2H3,(H,23,24)(H,25,26)/t17-,19?,22-/m0/s1. The first-order valence-corrected chi connectivity index (χ1v) is 9.25. The number of hydrogen-bond donors (Lipinski definition) is 2. The van der Waals surface area contributed by atoms with Crippen LogP contribution >= 0.6 is 0 Å². The Hall–Kier alpha value is -2.82. The fourth-order valence-electron chi connectivity index (χ4n) is 4.31. The maximum absolute atomic E-state index is 13.0. The van der Waals surface area contributed by atoms with Crippen LogP contribution in [0.5, 0.6) is 5.75 Å². The monoisotopic (exact) mass is 365 g/mol. The van der Waals surface area contributed by atoms with Gasteiger partial charge in [-0.2, -0.15) is 0 Å². The molecule has 140 valence electrons. The summed E-state index contributed by atoms with van der Waals surface area (Å²) in [5.74, 6) is -0.614. The van der Waals surface area contributed by atoms with Gasteiger partial charge in [0, 0.05) is 16.9 Å². The van der Waals surface area contributed by atoms with E-state index in [1.54, 1.807) is 6.07 Å². The number of carbonyl (C=O) groups excluding carboxylic acids is 1. The predicted molar refractivity (Wildman–Crippen MR) is 101 cm³/mol. The van der Waals surface area contributed by atoms with Crippen LogP contribution in [-0.2, 0) is 15.0 Å². The Morgan fingerprint density at radius 2 is 1.96 bits per heavy atom. The van der Waals surface area contributed by atoms with Crippen molar-refractivity contribution in [3.8, 4) is 5.75 Å². The maximum Gasteiger partial charge on any atom is 0.330 e. The molecule has 1 saturated carbocycles. The zero-order chi connectivity index (χ0) is 19.2. The minimum Gasteiger partial charge on any atom is -0.493 e. The highest BCUT2D eigenvalue weighted by Gasteiger charge is 2.61. The molecule has 5 heteroatoms. The molecule has 0 radical (unpaired) electrons. The molecule has 0 saturated heterocycles. The third kappa shape index (κ3) is 2.87. The van der Waals surface area contributed by atoms with E-state index >= 15 is 0 Å². The lowest BCUT2D eigenvalue weighted by Crippen LogP contribution is -2.37. The highest BCUT2D eigenvalue weighted by Crippen LogP contribution is 2.60. The molecule has 1 aliphatic carbocycles. The lowest BCUT2D eigenvalue weighted by Gasteiger charge is -2.27. The van der Waals surface area contributed by atoms with Gasteiger partial charge in [0.05, 0.1) is 6.61 Å². The maximum atomic E-state index is 13.0. The largest absolute Gasteiger partial charge is 0.493 e. The molecule has 27 heavy (non-hydrogen) atoms. The number of nitrogens with one attached hydrogen (secondary N) is 1. The van der Waals surface area contributed by atoms with Crippen LogP contribution in [0, 0.1) is 19.8 Å². The molecule has 1 heterocycles. The SMILES string of the molecule is Cc1cccc(C(NC(=O)[C@@H]2C[C@]23CCOc2ccccc23)C(=O)O)c1C. The molecule has 4 rings (SSSR count). The van der Waals surface area contributed by atoms with Crippen molar-refractivity contribution in [2.24, 2.45) is 5.92 Å². The number of aliphatic carboxylic acids is 1. The molecule has 1 aliphatic heterocycles. The van der Waals surface area contributed by atoms with Gasteiger partial charge in [-0.25, -0.2) is 4.79 Å². The van der Waals surface area contributed by atoms with Gasteiger partial charge in [-0.05, 0) is 49.4 Å². The summed E-state index contributed by atoms with van der Waals surface area (Å²) in [6, 6.07) is 12.3. The number of aryl methyl sites for hydroxylation is 1. The van der Waals surface area contributed by atoms with E-state index in [1.807, 2.05) is 50.2 Å². The van der Waals surface area contributed by atoms with Gasteiger partial charge in [0.1, 0.15) is 5.75 Å². The lowest BCUT2D eigenvalue weighted by molar-refractivity contribution is -0.142. The van der Waals surface area contributed by atoms with E-state index in [1.165, 1.54) is 0 Å². The lowest BCUT2D eigenvalue weighted by atomic mass is 9.87. The number of hydrogen-bond acceptors (Lipinski definition) is 3.